The van der Waals surface area contributed by atoms with Gasteiger partial charge in [0.1, 0.15) is 36.4 Å². The molecule has 40 heavy (non-hydrogen) atoms. The molecule has 2 aromatic heterocycles. The number of hydrogen-bond donors (Lipinski definition) is 4. The summed E-state index contributed by atoms with van der Waals surface area (Å²) in [6.45, 7) is 2.09. The van der Waals surface area contributed by atoms with Crippen molar-refractivity contribution in [3.63, 3.8) is 0 Å². The number of aromatic amines is 2. The van der Waals surface area contributed by atoms with Crippen LogP contribution in [-0.2, 0) is 0 Å². The molecule has 6 heterocycles. The molecule has 4 aliphatic heterocycles. The van der Waals surface area contributed by atoms with E-state index in [0.717, 1.165) is 76.2 Å². The number of benzene rings is 2. The van der Waals surface area contributed by atoms with Crippen LogP contribution in [0, 0.1) is 17.8 Å². The first-order valence-electron chi connectivity index (χ1n) is 14.1. The van der Waals surface area contributed by atoms with Gasteiger partial charge in [-0.1, -0.05) is 36.1 Å². The fourth-order valence-electron chi connectivity index (χ4n) is 6.68. The van der Waals surface area contributed by atoms with Gasteiger partial charge >= 0.3 is 0 Å². The van der Waals surface area contributed by atoms with Crippen LogP contribution in [0.2, 0.25) is 0 Å². The third-order valence-corrected chi connectivity index (χ3v) is 8.95. The first-order chi connectivity index (χ1) is 19.8. The van der Waals surface area contributed by atoms with E-state index in [1.54, 1.807) is 0 Å². The monoisotopic (exact) mass is 528 g/mol. The summed E-state index contributed by atoms with van der Waals surface area (Å²) in [5.74, 6) is 10.6. The largest absolute Gasteiger partial charge is 0.488 e. The van der Waals surface area contributed by atoms with Crippen molar-refractivity contribution in [1.29, 1.82) is 0 Å². The molecule has 0 radical (unpaired) electrons. The molecule has 8 nitrogen and oxygen atoms in total. The Morgan fingerprint density at radius 2 is 1.43 bits per heavy atom. The third kappa shape index (κ3) is 3.48. The van der Waals surface area contributed by atoms with E-state index in [2.05, 4.69) is 78.8 Å². The normalized spacial score (nSPS) is 25.5. The minimum atomic E-state index is 0.215. The zero-order chi connectivity index (χ0) is 26.2. The van der Waals surface area contributed by atoms with E-state index in [4.69, 9.17) is 9.47 Å². The second kappa shape index (κ2) is 8.59. The fraction of sp³-hybridized carbons (Fsp3) is 0.312. The average molecular weight is 529 g/mol. The number of imidazole rings is 2. The first-order valence-corrected chi connectivity index (χ1v) is 14.1. The quantitative estimate of drug-likeness (QED) is 0.289. The van der Waals surface area contributed by atoms with Crippen LogP contribution in [0.15, 0.2) is 48.8 Å². The molecule has 8 heteroatoms. The van der Waals surface area contributed by atoms with Gasteiger partial charge in [-0.2, -0.15) is 0 Å². The van der Waals surface area contributed by atoms with Crippen molar-refractivity contribution in [2.45, 2.75) is 37.4 Å². The molecule has 0 saturated carbocycles. The third-order valence-electron chi connectivity index (χ3n) is 8.95. The first kappa shape index (κ1) is 22.5. The smallest absolute Gasteiger partial charge is 0.128 e. The maximum atomic E-state index is 6.33. The van der Waals surface area contributed by atoms with Gasteiger partial charge in [-0.05, 0) is 37.9 Å². The van der Waals surface area contributed by atoms with E-state index in [1.807, 2.05) is 12.4 Å². The highest BCUT2D eigenvalue weighted by atomic mass is 16.5. The number of nitrogens with one attached hydrogen (secondary N) is 4. The van der Waals surface area contributed by atoms with Gasteiger partial charge in [0.2, 0.25) is 0 Å². The molecule has 4 atom stereocenters. The van der Waals surface area contributed by atoms with Gasteiger partial charge in [-0.3, -0.25) is 5.32 Å². The Bertz CT molecular complexity index is 1750. The fourth-order valence-corrected chi connectivity index (χ4v) is 6.68. The number of nitrogens with zero attached hydrogens (tertiary/aromatic N) is 2. The van der Waals surface area contributed by atoms with Crippen LogP contribution < -0.4 is 20.1 Å². The Morgan fingerprint density at radius 3 is 1.95 bits per heavy atom. The lowest BCUT2D eigenvalue weighted by atomic mass is 9.89. The maximum absolute atomic E-state index is 6.33. The minimum Gasteiger partial charge on any atom is -0.488 e. The van der Waals surface area contributed by atoms with E-state index in [1.165, 1.54) is 17.6 Å². The van der Waals surface area contributed by atoms with Crippen molar-refractivity contribution in [2.24, 2.45) is 5.92 Å². The Labute approximate surface area is 231 Å². The standard InChI is InChI=1S/C32H28N6O2/c1-2-25(33-9-1)31-34-13-27(37-31)18-3-6-20-22-16-40-30-12-19(4-7-21(30)23(22)15-39-29(20)11-18)28-14-35-32(38-28)26-10-17-5-8-24(17)36-26/h3-4,6-7,11-14,17,24-26,33,36H,1-2,9-10,15-16H2,(H,34,37)(H,35,38). The van der Waals surface area contributed by atoms with E-state index < -0.39 is 0 Å². The molecular formula is C32H28N6O2. The lowest BCUT2D eigenvalue weighted by Crippen LogP contribution is -2.30. The Morgan fingerprint density at radius 1 is 0.775 bits per heavy atom. The summed E-state index contributed by atoms with van der Waals surface area (Å²) in [6, 6.07) is 13.7. The van der Waals surface area contributed by atoms with Crippen molar-refractivity contribution < 1.29 is 9.47 Å². The molecule has 4 N–H and O–H groups in total. The number of hydrogen-bond acceptors (Lipinski definition) is 6. The molecule has 0 bridgehead atoms. The number of fused-ring (bicyclic) bond motifs is 5. The summed E-state index contributed by atoms with van der Waals surface area (Å²) in [6.07, 6.45) is 7.16. The van der Waals surface area contributed by atoms with Gasteiger partial charge in [0.05, 0.1) is 41.9 Å². The van der Waals surface area contributed by atoms with Gasteiger partial charge in [-0.15, -0.1) is 0 Å². The second-order valence-electron chi connectivity index (χ2n) is 11.3. The second-order valence-corrected chi connectivity index (χ2v) is 11.3. The molecule has 4 aromatic rings. The van der Waals surface area contributed by atoms with Crippen LogP contribution in [0.5, 0.6) is 11.5 Å². The number of H-pyrrole nitrogens is 2. The van der Waals surface area contributed by atoms with Gasteiger partial charge in [0.25, 0.3) is 0 Å². The molecule has 198 valence electrons. The van der Waals surface area contributed by atoms with Gasteiger partial charge in [0.15, 0.2) is 0 Å². The van der Waals surface area contributed by atoms with E-state index in [-0.39, 0.29) is 6.04 Å². The lowest BCUT2D eigenvalue weighted by molar-refractivity contribution is 0.337. The highest BCUT2D eigenvalue weighted by Crippen LogP contribution is 2.45. The molecule has 2 aromatic carbocycles. The van der Waals surface area contributed by atoms with Gasteiger partial charge in [0, 0.05) is 39.3 Å². The number of ether oxygens (including phenoxy) is 2. The van der Waals surface area contributed by atoms with Crippen LogP contribution in [0.3, 0.4) is 0 Å². The molecule has 2 fully saturated rings. The SMILES string of the molecule is C1#CC2NC(c3ncc(-c4ccc5c(c4)OCC4=C5COc5cc(-c6cnc(C7CCCN7)[nH]6)ccc54)[nH]3)CC12. The summed E-state index contributed by atoms with van der Waals surface area (Å²) in [4.78, 5) is 16.3. The summed E-state index contributed by atoms with van der Waals surface area (Å²) in [7, 11) is 0. The topological polar surface area (TPSA) is 99.9 Å². The van der Waals surface area contributed by atoms with Crippen LogP contribution in [0.25, 0.3) is 33.7 Å². The predicted octanol–water partition coefficient (Wildman–Crippen LogP) is 4.62. The van der Waals surface area contributed by atoms with E-state index in [0.29, 0.717) is 31.2 Å². The highest BCUT2D eigenvalue weighted by Gasteiger charge is 2.37. The van der Waals surface area contributed by atoms with Gasteiger partial charge in [-0.25, -0.2) is 9.97 Å². The van der Waals surface area contributed by atoms with Crippen molar-refractivity contribution >= 4 is 11.1 Å². The highest BCUT2D eigenvalue weighted by molar-refractivity contribution is 5.98. The Kier molecular flexibility index (Phi) is 4.83. The van der Waals surface area contributed by atoms with Crippen molar-refractivity contribution in [1.82, 2.24) is 30.6 Å². The zero-order valence-corrected chi connectivity index (χ0v) is 21.9. The minimum absolute atomic E-state index is 0.215. The number of aromatic nitrogens is 4. The molecule has 9 rings (SSSR count). The summed E-state index contributed by atoms with van der Waals surface area (Å²) < 4.78 is 12.7. The molecule has 5 aliphatic rings. The van der Waals surface area contributed by atoms with Crippen LogP contribution in [0.1, 0.15) is 54.1 Å². The molecule has 0 amide bonds. The Balaban J connectivity index is 0.983. The van der Waals surface area contributed by atoms with Crippen molar-refractivity contribution in [3.8, 4) is 45.9 Å². The van der Waals surface area contributed by atoms with Crippen molar-refractivity contribution in [2.75, 3.05) is 19.8 Å². The Hall–Kier alpha value is -4.32. The van der Waals surface area contributed by atoms with Crippen LogP contribution in [-0.4, -0.2) is 45.7 Å². The number of rotatable bonds is 4. The summed E-state index contributed by atoms with van der Waals surface area (Å²) in [5, 5.41) is 7.07. The predicted molar refractivity (Wildman–Crippen MR) is 151 cm³/mol. The van der Waals surface area contributed by atoms with E-state index in [9.17, 15) is 0 Å². The van der Waals surface area contributed by atoms with Crippen LogP contribution >= 0.6 is 0 Å². The summed E-state index contributed by atoms with van der Waals surface area (Å²) in [5.41, 5.74) is 8.72. The molecule has 2 saturated heterocycles. The molecule has 1 aliphatic carbocycles. The average Bonchev–Trinajstić information content (AvgIpc) is 3.80. The van der Waals surface area contributed by atoms with Crippen LogP contribution in [0.4, 0.5) is 0 Å². The summed E-state index contributed by atoms with van der Waals surface area (Å²) >= 11 is 0. The van der Waals surface area contributed by atoms with Gasteiger partial charge < -0.3 is 24.8 Å². The molecular weight excluding hydrogens is 500 g/mol. The molecule has 0 spiro atoms. The maximum Gasteiger partial charge on any atom is 0.128 e. The zero-order valence-electron chi connectivity index (χ0n) is 21.9. The lowest BCUT2D eigenvalue weighted by Gasteiger charge is -2.30. The van der Waals surface area contributed by atoms with E-state index >= 15 is 0 Å². The van der Waals surface area contributed by atoms with Crippen molar-refractivity contribution in [3.05, 3.63) is 71.6 Å². The molecule has 4 unspecified atom stereocenters.